The van der Waals surface area contributed by atoms with Crippen LogP contribution in [0, 0.1) is 0 Å². The quantitative estimate of drug-likeness (QED) is 0.797. The van der Waals surface area contributed by atoms with Gasteiger partial charge in [-0.2, -0.15) is 0 Å². The van der Waals surface area contributed by atoms with E-state index in [0.29, 0.717) is 12.1 Å². The number of aryl methyl sites for hydroxylation is 1. The van der Waals surface area contributed by atoms with E-state index in [0.717, 1.165) is 24.7 Å². The summed E-state index contributed by atoms with van der Waals surface area (Å²) in [4.78, 5) is 2.52. The van der Waals surface area contributed by atoms with Gasteiger partial charge in [-0.1, -0.05) is 6.07 Å². The number of nitrogens with zero attached hydrogens (tertiary/aromatic N) is 1. The first-order valence-corrected chi connectivity index (χ1v) is 7.49. The van der Waals surface area contributed by atoms with Crippen LogP contribution in [0.1, 0.15) is 43.4 Å². The highest BCUT2D eigenvalue weighted by Crippen LogP contribution is 2.32. The van der Waals surface area contributed by atoms with Gasteiger partial charge in [0.1, 0.15) is 0 Å². The molecule has 0 heterocycles. The summed E-state index contributed by atoms with van der Waals surface area (Å²) >= 11 is 0. The molecule has 104 valence electrons. The minimum atomic E-state index is 0.519. The minimum Gasteiger partial charge on any atom is -0.399 e. The second-order valence-electron chi connectivity index (χ2n) is 6.20. The molecule has 2 atom stereocenters. The summed E-state index contributed by atoms with van der Waals surface area (Å²) in [6.07, 6.45) is 5.13. The average Bonchev–Trinajstić information content (AvgIpc) is 3.17. The molecule has 0 amide bonds. The van der Waals surface area contributed by atoms with Crippen LogP contribution >= 0.6 is 0 Å². The highest BCUT2D eigenvalue weighted by molar-refractivity contribution is 5.47. The maximum atomic E-state index is 5.85. The van der Waals surface area contributed by atoms with Gasteiger partial charge >= 0.3 is 0 Å². The van der Waals surface area contributed by atoms with Crippen LogP contribution < -0.4 is 11.1 Å². The molecule has 0 spiro atoms. The van der Waals surface area contributed by atoms with Crippen LogP contribution in [0.2, 0.25) is 0 Å². The van der Waals surface area contributed by atoms with Crippen molar-refractivity contribution in [2.24, 2.45) is 0 Å². The first-order valence-electron chi connectivity index (χ1n) is 7.49. The third kappa shape index (κ3) is 2.77. The van der Waals surface area contributed by atoms with Crippen LogP contribution in [0.4, 0.5) is 5.69 Å². The van der Waals surface area contributed by atoms with Crippen molar-refractivity contribution in [3.05, 3.63) is 29.3 Å². The molecule has 3 N–H and O–H groups in total. The van der Waals surface area contributed by atoms with Crippen LogP contribution in [-0.2, 0) is 6.42 Å². The third-order valence-corrected chi connectivity index (χ3v) is 4.72. The lowest BCUT2D eigenvalue weighted by atomic mass is 10.1. The van der Waals surface area contributed by atoms with E-state index >= 15 is 0 Å². The molecule has 1 fully saturated rings. The number of fused-ring (bicyclic) bond motifs is 1. The maximum Gasteiger partial charge on any atom is 0.0326 e. The van der Waals surface area contributed by atoms with Crippen molar-refractivity contribution < 1.29 is 0 Å². The molecule has 2 aliphatic carbocycles. The number of anilines is 1. The number of hydrogen-bond donors (Lipinski definition) is 2. The lowest BCUT2D eigenvalue weighted by Gasteiger charge is -2.26. The summed E-state index contributed by atoms with van der Waals surface area (Å²) < 4.78 is 0. The van der Waals surface area contributed by atoms with Crippen molar-refractivity contribution in [3.8, 4) is 0 Å². The first kappa shape index (κ1) is 12.9. The molecule has 0 saturated heterocycles. The standard InChI is InChI=1S/C16H25N3/c1-11(19(2)14-5-6-14)10-18-16-8-3-12-9-13(17)4-7-15(12)16/h4,7,9,11,14,16,18H,3,5-6,8,10,17H2,1-2H3. The number of nitrogens with two attached hydrogens (primary N) is 1. The molecule has 0 radical (unpaired) electrons. The zero-order valence-electron chi connectivity index (χ0n) is 12.0. The minimum absolute atomic E-state index is 0.519. The van der Waals surface area contributed by atoms with Gasteiger partial charge in [-0.25, -0.2) is 0 Å². The number of rotatable bonds is 5. The van der Waals surface area contributed by atoms with Gasteiger partial charge in [0.05, 0.1) is 0 Å². The van der Waals surface area contributed by atoms with Gasteiger partial charge in [-0.15, -0.1) is 0 Å². The van der Waals surface area contributed by atoms with Crippen molar-refractivity contribution in [1.82, 2.24) is 10.2 Å². The molecular formula is C16H25N3. The maximum absolute atomic E-state index is 5.85. The average molecular weight is 259 g/mol. The van der Waals surface area contributed by atoms with Gasteiger partial charge in [-0.3, -0.25) is 4.90 Å². The van der Waals surface area contributed by atoms with E-state index in [9.17, 15) is 0 Å². The summed E-state index contributed by atoms with van der Waals surface area (Å²) in [5, 5.41) is 3.74. The fraction of sp³-hybridized carbons (Fsp3) is 0.625. The number of nitrogens with one attached hydrogen (secondary N) is 1. The summed E-state index contributed by atoms with van der Waals surface area (Å²) in [6, 6.07) is 8.34. The monoisotopic (exact) mass is 259 g/mol. The molecule has 3 rings (SSSR count). The Morgan fingerprint density at radius 1 is 1.37 bits per heavy atom. The predicted octanol–water partition coefficient (Wildman–Crippen LogP) is 2.33. The lowest BCUT2D eigenvalue weighted by molar-refractivity contribution is 0.235. The van der Waals surface area contributed by atoms with Crippen molar-refractivity contribution in [3.63, 3.8) is 0 Å². The molecule has 0 bridgehead atoms. The zero-order chi connectivity index (χ0) is 13.4. The van der Waals surface area contributed by atoms with Crippen molar-refractivity contribution in [1.29, 1.82) is 0 Å². The van der Waals surface area contributed by atoms with E-state index in [4.69, 9.17) is 5.73 Å². The highest BCUT2D eigenvalue weighted by Gasteiger charge is 2.29. The Kier molecular flexibility index (Phi) is 3.50. The Morgan fingerprint density at radius 2 is 2.16 bits per heavy atom. The normalized spacial score (nSPS) is 23.6. The molecule has 3 heteroatoms. The summed E-state index contributed by atoms with van der Waals surface area (Å²) in [7, 11) is 2.26. The van der Waals surface area contributed by atoms with Gasteiger partial charge in [0.25, 0.3) is 0 Å². The topological polar surface area (TPSA) is 41.3 Å². The van der Waals surface area contributed by atoms with Gasteiger partial charge in [0.15, 0.2) is 0 Å². The fourth-order valence-electron chi connectivity index (χ4n) is 3.15. The number of hydrogen-bond acceptors (Lipinski definition) is 3. The smallest absolute Gasteiger partial charge is 0.0326 e. The Labute approximate surface area is 116 Å². The predicted molar refractivity (Wildman–Crippen MR) is 80.2 cm³/mol. The summed E-state index contributed by atoms with van der Waals surface area (Å²) in [5.41, 5.74) is 9.63. The zero-order valence-corrected chi connectivity index (χ0v) is 12.0. The molecule has 2 unspecified atom stereocenters. The van der Waals surface area contributed by atoms with Crippen LogP contribution in [-0.4, -0.2) is 30.6 Å². The molecule has 1 aromatic carbocycles. The van der Waals surface area contributed by atoms with E-state index in [-0.39, 0.29) is 0 Å². The molecule has 0 aromatic heterocycles. The number of benzene rings is 1. The van der Waals surface area contributed by atoms with Crippen molar-refractivity contribution in [2.75, 3.05) is 19.3 Å². The Hall–Kier alpha value is -1.06. The van der Waals surface area contributed by atoms with E-state index < -0.39 is 0 Å². The van der Waals surface area contributed by atoms with E-state index in [1.807, 2.05) is 6.07 Å². The van der Waals surface area contributed by atoms with Gasteiger partial charge in [0.2, 0.25) is 0 Å². The van der Waals surface area contributed by atoms with E-state index in [1.165, 1.54) is 30.4 Å². The molecule has 3 nitrogen and oxygen atoms in total. The van der Waals surface area contributed by atoms with Gasteiger partial charge < -0.3 is 11.1 Å². The third-order valence-electron chi connectivity index (χ3n) is 4.72. The summed E-state index contributed by atoms with van der Waals surface area (Å²) in [5.74, 6) is 0. The van der Waals surface area contributed by atoms with Crippen LogP contribution in [0.15, 0.2) is 18.2 Å². The lowest BCUT2D eigenvalue weighted by Crippen LogP contribution is -2.40. The molecular weight excluding hydrogens is 234 g/mol. The highest BCUT2D eigenvalue weighted by atomic mass is 15.2. The van der Waals surface area contributed by atoms with Crippen LogP contribution in [0.3, 0.4) is 0 Å². The van der Waals surface area contributed by atoms with Crippen molar-refractivity contribution in [2.45, 2.75) is 50.7 Å². The number of nitrogen functional groups attached to an aromatic ring is 1. The molecule has 2 aliphatic rings. The summed E-state index contributed by atoms with van der Waals surface area (Å²) in [6.45, 7) is 3.39. The van der Waals surface area contributed by atoms with E-state index in [2.05, 4.69) is 36.3 Å². The fourth-order valence-corrected chi connectivity index (χ4v) is 3.15. The molecule has 0 aliphatic heterocycles. The van der Waals surface area contributed by atoms with Gasteiger partial charge in [-0.05, 0) is 62.9 Å². The number of likely N-dealkylation sites (N-methyl/N-ethyl adjacent to an activating group) is 1. The van der Waals surface area contributed by atoms with E-state index in [1.54, 1.807) is 0 Å². The first-order chi connectivity index (χ1) is 9.15. The largest absolute Gasteiger partial charge is 0.399 e. The Bertz CT molecular complexity index is 453. The Morgan fingerprint density at radius 3 is 2.89 bits per heavy atom. The SMILES string of the molecule is CC(CNC1CCc2cc(N)ccc21)N(C)C1CC1. The Balaban J connectivity index is 1.57. The molecule has 1 saturated carbocycles. The molecule has 1 aromatic rings. The van der Waals surface area contributed by atoms with Crippen LogP contribution in [0.25, 0.3) is 0 Å². The van der Waals surface area contributed by atoms with Crippen molar-refractivity contribution >= 4 is 5.69 Å². The second kappa shape index (κ2) is 5.14. The molecule has 19 heavy (non-hydrogen) atoms. The van der Waals surface area contributed by atoms with Gasteiger partial charge in [0, 0.05) is 30.4 Å². The van der Waals surface area contributed by atoms with Crippen LogP contribution in [0.5, 0.6) is 0 Å². The second-order valence-corrected chi connectivity index (χ2v) is 6.20.